The van der Waals surface area contributed by atoms with Crippen molar-refractivity contribution < 1.29 is 13.2 Å². The maximum atomic E-state index is 13.4. The standard InChI is InChI=1S/C21H18F3N5/c22-21(23,24)15-8-3-1-6-13(15)20-28-18(25)12-19(29-20)27-17-10-5-11-26-16-9-4-2-7-14(16)17/h1-4,6-10,12,26H,5,11H2,(H3,25,27,28,29). The molecule has 8 heteroatoms. The Labute approximate surface area is 165 Å². The number of nitrogens with zero attached hydrogens (tertiary/aromatic N) is 2. The second kappa shape index (κ2) is 7.46. The van der Waals surface area contributed by atoms with Gasteiger partial charge in [-0.3, -0.25) is 0 Å². The van der Waals surface area contributed by atoms with Crippen molar-refractivity contribution in [3.05, 3.63) is 71.8 Å². The van der Waals surface area contributed by atoms with Crippen LogP contribution < -0.4 is 16.4 Å². The summed E-state index contributed by atoms with van der Waals surface area (Å²) in [5, 5.41) is 6.53. The second-order valence-electron chi connectivity index (χ2n) is 6.55. The van der Waals surface area contributed by atoms with Crippen LogP contribution in [0.25, 0.3) is 17.1 Å². The fourth-order valence-corrected chi connectivity index (χ4v) is 3.24. The Kier molecular flexibility index (Phi) is 4.84. The lowest BCUT2D eigenvalue weighted by Gasteiger charge is -2.15. The van der Waals surface area contributed by atoms with Gasteiger partial charge in [-0.2, -0.15) is 13.2 Å². The van der Waals surface area contributed by atoms with Crippen LogP contribution in [0.2, 0.25) is 0 Å². The zero-order valence-electron chi connectivity index (χ0n) is 15.3. The number of halogens is 3. The Balaban J connectivity index is 1.74. The monoisotopic (exact) mass is 397 g/mol. The van der Waals surface area contributed by atoms with Crippen molar-refractivity contribution in [2.75, 3.05) is 22.9 Å². The van der Waals surface area contributed by atoms with E-state index in [1.54, 1.807) is 0 Å². The average Bonchev–Trinajstić information content (AvgIpc) is 2.89. The Hall–Kier alpha value is -3.55. The number of benzene rings is 2. The molecule has 29 heavy (non-hydrogen) atoms. The quantitative estimate of drug-likeness (QED) is 0.579. The van der Waals surface area contributed by atoms with Crippen molar-refractivity contribution in [3.8, 4) is 11.4 Å². The molecule has 3 aromatic rings. The third kappa shape index (κ3) is 4.01. The summed E-state index contributed by atoms with van der Waals surface area (Å²) in [7, 11) is 0. The third-order valence-corrected chi connectivity index (χ3v) is 4.51. The number of para-hydroxylation sites is 1. The highest BCUT2D eigenvalue weighted by Gasteiger charge is 2.34. The van der Waals surface area contributed by atoms with E-state index in [0.29, 0.717) is 5.82 Å². The molecule has 4 rings (SSSR count). The van der Waals surface area contributed by atoms with E-state index in [2.05, 4.69) is 20.6 Å². The zero-order chi connectivity index (χ0) is 20.4. The predicted molar refractivity (Wildman–Crippen MR) is 108 cm³/mol. The van der Waals surface area contributed by atoms with Crippen LogP contribution in [0.1, 0.15) is 17.5 Å². The Morgan fingerprint density at radius 2 is 1.69 bits per heavy atom. The van der Waals surface area contributed by atoms with Crippen LogP contribution in [0.5, 0.6) is 0 Å². The number of alkyl halides is 3. The van der Waals surface area contributed by atoms with Gasteiger partial charge in [0.15, 0.2) is 5.82 Å². The molecule has 2 heterocycles. The minimum atomic E-state index is -4.52. The predicted octanol–water partition coefficient (Wildman–Crippen LogP) is 5.01. The lowest BCUT2D eigenvalue weighted by molar-refractivity contribution is -0.137. The summed E-state index contributed by atoms with van der Waals surface area (Å²) in [5.74, 6) is 0.323. The number of nitrogens with two attached hydrogens (primary N) is 1. The van der Waals surface area contributed by atoms with Gasteiger partial charge in [-0.05, 0) is 18.6 Å². The molecule has 0 radical (unpaired) electrons. The summed E-state index contributed by atoms with van der Waals surface area (Å²) in [6.07, 6.45) is -1.73. The molecule has 0 unspecified atom stereocenters. The van der Waals surface area contributed by atoms with Crippen LogP contribution in [-0.4, -0.2) is 16.5 Å². The molecular weight excluding hydrogens is 379 g/mol. The van der Waals surface area contributed by atoms with Crippen molar-refractivity contribution in [2.24, 2.45) is 0 Å². The van der Waals surface area contributed by atoms with Crippen LogP contribution in [0.15, 0.2) is 60.7 Å². The zero-order valence-corrected chi connectivity index (χ0v) is 15.3. The number of nitrogen functional groups attached to an aromatic ring is 1. The summed E-state index contributed by atoms with van der Waals surface area (Å²) in [6, 6.07) is 14.5. The van der Waals surface area contributed by atoms with Crippen LogP contribution in [0.3, 0.4) is 0 Å². The average molecular weight is 397 g/mol. The molecular formula is C21H18F3N5. The number of rotatable bonds is 3. The molecule has 0 amide bonds. The van der Waals surface area contributed by atoms with Crippen molar-refractivity contribution in [1.29, 1.82) is 0 Å². The van der Waals surface area contributed by atoms with E-state index >= 15 is 0 Å². The van der Waals surface area contributed by atoms with Gasteiger partial charge >= 0.3 is 6.18 Å². The molecule has 2 aromatic carbocycles. The fourth-order valence-electron chi connectivity index (χ4n) is 3.24. The van der Waals surface area contributed by atoms with Gasteiger partial charge in [-0.25, -0.2) is 9.97 Å². The maximum Gasteiger partial charge on any atom is 0.417 e. The van der Waals surface area contributed by atoms with E-state index in [-0.39, 0.29) is 17.2 Å². The molecule has 1 aliphatic rings. The van der Waals surface area contributed by atoms with E-state index in [4.69, 9.17) is 5.73 Å². The summed E-state index contributed by atoms with van der Waals surface area (Å²) in [6.45, 7) is 0.776. The minimum Gasteiger partial charge on any atom is -0.384 e. The Morgan fingerprint density at radius 1 is 0.966 bits per heavy atom. The maximum absolute atomic E-state index is 13.4. The normalized spacial score (nSPS) is 13.7. The smallest absolute Gasteiger partial charge is 0.384 e. The molecule has 1 aromatic heterocycles. The Morgan fingerprint density at radius 3 is 2.48 bits per heavy atom. The van der Waals surface area contributed by atoms with Gasteiger partial charge in [0, 0.05) is 35.1 Å². The lowest BCUT2D eigenvalue weighted by Crippen LogP contribution is -2.10. The number of aromatic nitrogens is 2. The fraction of sp³-hybridized carbons (Fsp3) is 0.143. The van der Waals surface area contributed by atoms with Crippen LogP contribution in [0.4, 0.5) is 30.5 Å². The molecule has 148 valence electrons. The van der Waals surface area contributed by atoms with Crippen LogP contribution >= 0.6 is 0 Å². The summed E-state index contributed by atoms with van der Waals surface area (Å²) in [4.78, 5) is 8.34. The highest BCUT2D eigenvalue weighted by molar-refractivity contribution is 5.84. The van der Waals surface area contributed by atoms with E-state index in [1.807, 2.05) is 30.3 Å². The number of hydrogen-bond acceptors (Lipinski definition) is 5. The highest BCUT2D eigenvalue weighted by Crippen LogP contribution is 2.36. The molecule has 0 aliphatic carbocycles. The summed E-state index contributed by atoms with van der Waals surface area (Å²) < 4.78 is 40.2. The van der Waals surface area contributed by atoms with Crippen molar-refractivity contribution in [3.63, 3.8) is 0 Å². The van der Waals surface area contributed by atoms with Crippen molar-refractivity contribution in [2.45, 2.75) is 12.6 Å². The van der Waals surface area contributed by atoms with Crippen LogP contribution in [0, 0.1) is 0 Å². The number of fused-ring (bicyclic) bond motifs is 1. The SMILES string of the molecule is Nc1cc(NC2=CCCNc3ccccc32)nc(-c2ccccc2C(F)(F)F)n1. The van der Waals surface area contributed by atoms with Crippen molar-refractivity contribution >= 4 is 23.0 Å². The molecule has 1 aliphatic heterocycles. The molecule has 0 fully saturated rings. The lowest BCUT2D eigenvalue weighted by atomic mass is 10.1. The van der Waals surface area contributed by atoms with E-state index in [9.17, 15) is 13.2 Å². The summed E-state index contributed by atoms with van der Waals surface area (Å²) >= 11 is 0. The van der Waals surface area contributed by atoms with Gasteiger partial charge in [-0.1, -0.05) is 42.5 Å². The first-order valence-corrected chi connectivity index (χ1v) is 9.03. The Bertz CT molecular complexity index is 1080. The number of hydrogen-bond donors (Lipinski definition) is 3. The topological polar surface area (TPSA) is 75.9 Å². The van der Waals surface area contributed by atoms with Crippen LogP contribution in [-0.2, 0) is 6.18 Å². The minimum absolute atomic E-state index is 0.0788. The number of anilines is 3. The van der Waals surface area contributed by atoms with Gasteiger partial charge in [0.1, 0.15) is 11.6 Å². The second-order valence-corrected chi connectivity index (χ2v) is 6.55. The molecule has 0 spiro atoms. The van der Waals surface area contributed by atoms with Gasteiger partial charge in [0.25, 0.3) is 0 Å². The van der Waals surface area contributed by atoms with Crippen molar-refractivity contribution in [1.82, 2.24) is 9.97 Å². The molecule has 4 N–H and O–H groups in total. The first kappa shape index (κ1) is 18.8. The molecule has 0 atom stereocenters. The van der Waals surface area contributed by atoms with Gasteiger partial charge in [0.05, 0.1) is 5.56 Å². The van der Waals surface area contributed by atoms with E-state index in [1.165, 1.54) is 24.3 Å². The van der Waals surface area contributed by atoms with E-state index in [0.717, 1.165) is 36.0 Å². The third-order valence-electron chi connectivity index (χ3n) is 4.51. The first-order valence-electron chi connectivity index (χ1n) is 9.03. The van der Waals surface area contributed by atoms with Gasteiger partial charge < -0.3 is 16.4 Å². The highest BCUT2D eigenvalue weighted by atomic mass is 19.4. The molecule has 0 bridgehead atoms. The van der Waals surface area contributed by atoms with Gasteiger partial charge in [-0.15, -0.1) is 0 Å². The molecule has 0 saturated heterocycles. The number of nitrogens with one attached hydrogen (secondary N) is 2. The molecule has 0 saturated carbocycles. The molecule has 5 nitrogen and oxygen atoms in total. The largest absolute Gasteiger partial charge is 0.417 e. The van der Waals surface area contributed by atoms with Gasteiger partial charge in [0.2, 0.25) is 0 Å². The van der Waals surface area contributed by atoms with E-state index < -0.39 is 11.7 Å². The first-order chi connectivity index (χ1) is 13.9. The summed E-state index contributed by atoms with van der Waals surface area (Å²) in [5.41, 5.74) is 7.67.